The molecule has 82 valence electrons. The molecule has 0 aliphatic carbocycles. The van der Waals surface area contributed by atoms with Gasteiger partial charge < -0.3 is 21.9 Å². The predicted octanol–water partition coefficient (Wildman–Crippen LogP) is -1.53. The molecule has 6 nitrogen and oxygen atoms in total. The molecule has 0 radical (unpaired) electrons. The number of primary amides is 1. The maximum atomic E-state index is 11.1. The topological polar surface area (TPSA) is 121 Å². The van der Waals surface area contributed by atoms with Gasteiger partial charge >= 0.3 is 5.97 Å². The first-order valence-electron chi connectivity index (χ1n) is 4.48. The Hall–Kier alpha value is -1.14. The van der Waals surface area contributed by atoms with Crippen LogP contribution in [0, 0.1) is 0 Å². The molecule has 1 amide bonds. The van der Waals surface area contributed by atoms with Crippen molar-refractivity contribution < 1.29 is 14.3 Å². The van der Waals surface area contributed by atoms with Gasteiger partial charge in [0.1, 0.15) is 6.04 Å². The fourth-order valence-electron chi connectivity index (χ4n) is 0.876. The largest absolute Gasteiger partial charge is 0.454 e. The van der Waals surface area contributed by atoms with E-state index in [9.17, 15) is 9.59 Å². The first kappa shape index (κ1) is 12.9. The summed E-state index contributed by atoms with van der Waals surface area (Å²) in [5.74, 6) is -1.28. The third-order valence-electron chi connectivity index (χ3n) is 1.63. The van der Waals surface area contributed by atoms with Crippen LogP contribution in [-0.4, -0.2) is 31.1 Å². The highest BCUT2D eigenvalue weighted by molar-refractivity contribution is 5.81. The molecule has 0 spiro atoms. The minimum absolute atomic E-state index is 0.413. The number of nitrogens with two attached hydrogens (primary N) is 3. The monoisotopic (exact) mass is 203 g/mol. The standard InChI is InChI=1S/C8H17N3O3/c9-4-2-1-3-6(10)8(13)14-5-7(11)12/h6H,1-5,9-10H2,(H2,11,12). The maximum Gasteiger partial charge on any atom is 0.323 e. The summed E-state index contributed by atoms with van der Waals surface area (Å²) in [6.45, 7) is 0.159. The van der Waals surface area contributed by atoms with Crippen LogP contribution in [0.4, 0.5) is 0 Å². The smallest absolute Gasteiger partial charge is 0.323 e. The molecule has 0 aliphatic rings. The number of hydrogen-bond acceptors (Lipinski definition) is 5. The molecule has 0 aromatic carbocycles. The van der Waals surface area contributed by atoms with Crippen LogP contribution in [0.25, 0.3) is 0 Å². The van der Waals surface area contributed by atoms with Crippen LogP contribution in [0.15, 0.2) is 0 Å². The van der Waals surface area contributed by atoms with Gasteiger partial charge in [0, 0.05) is 0 Å². The molecule has 0 aromatic heterocycles. The summed E-state index contributed by atoms with van der Waals surface area (Å²) in [6.07, 6.45) is 2.09. The minimum atomic E-state index is -0.694. The zero-order valence-electron chi connectivity index (χ0n) is 8.07. The second kappa shape index (κ2) is 7.28. The van der Waals surface area contributed by atoms with Crippen molar-refractivity contribution in [3.8, 4) is 0 Å². The van der Waals surface area contributed by atoms with Crippen molar-refractivity contribution in [2.45, 2.75) is 25.3 Å². The Bertz CT molecular complexity index is 196. The Morgan fingerprint density at radius 1 is 1.29 bits per heavy atom. The van der Waals surface area contributed by atoms with Crippen molar-refractivity contribution in [3.63, 3.8) is 0 Å². The summed E-state index contributed by atoms with van der Waals surface area (Å²) in [5.41, 5.74) is 15.5. The quantitative estimate of drug-likeness (QED) is 0.342. The molecular weight excluding hydrogens is 186 g/mol. The van der Waals surface area contributed by atoms with Gasteiger partial charge in [0.25, 0.3) is 5.91 Å². The number of ether oxygens (including phenoxy) is 1. The predicted molar refractivity (Wildman–Crippen MR) is 51.0 cm³/mol. The van der Waals surface area contributed by atoms with E-state index in [1.165, 1.54) is 0 Å². The number of esters is 1. The van der Waals surface area contributed by atoms with E-state index in [-0.39, 0.29) is 0 Å². The lowest BCUT2D eigenvalue weighted by atomic mass is 10.1. The average molecular weight is 203 g/mol. The second-order valence-corrected chi connectivity index (χ2v) is 2.96. The Kier molecular flexibility index (Phi) is 6.69. The van der Waals surface area contributed by atoms with E-state index in [2.05, 4.69) is 4.74 Å². The Morgan fingerprint density at radius 3 is 2.43 bits per heavy atom. The van der Waals surface area contributed by atoms with Crippen molar-refractivity contribution in [1.82, 2.24) is 0 Å². The molecular formula is C8H17N3O3. The number of hydrogen-bond donors (Lipinski definition) is 3. The molecule has 0 saturated carbocycles. The molecule has 0 saturated heterocycles. The van der Waals surface area contributed by atoms with Gasteiger partial charge in [-0.05, 0) is 19.4 Å². The minimum Gasteiger partial charge on any atom is -0.454 e. The highest BCUT2D eigenvalue weighted by atomic mass is 16.5. The molecule has 0 aliphatic heterocycles. The van der Waals surface area contributed by atoms with Crippen LogP contribution >= 0.6 is 0 Å². The van der Waals surface area contributed by atoms with E-state index in [0.29, 0.717) is 13.0 Å². The van der Waals surface area contributed by atoms with Crippen molar-refractivity contribution >= 4 is 11.9 Å². The lowest BCUT2D eigenvalue weighted by Crippen LogP contribution is -2.34. The third kappa shape index (κ3) is 6.38. The van der Waals surface area contributed by atoms with E-state index in [1.807, 2.05) is 0 Å². The first-order chi connectivity index (χ1) is 6.57. The van der Waals surface area contributed by atoms with Crippen LogP contribution in [0.5, 0.6) is 0 Å². The van der Waals surface area contributed by atoms with E-state index < -0.39 is 24.5 Å². The third-order valence-corrected chi connectivity index (χ3v) is 1.63. The van der Waals surface area contributed by atoms with Gasteiger partial charge in [0.15, 0.2) is 6.61 Å². The Balaban J connectivity index is 3.59. The molecule has 6 heteroatoms. The zero-order chi connectivity index (χ0) is 11.0. The van der Waals surface area contributed by atoms with Crippen LogP contribution in [0.1, 0.15) is 19.3 Å². The summed E-state index contributed by atoms with van der Waals surface area (Å²) in [7, 11) is 0. The molecule has 1 unspecified atom stereocenters. The summed E-state index contributed by atoms with van der Waals surface area (Å²) in [6, 6.07) is -0.694. The van der Waals surface area contributed by atoms with Crippen molar-refractivity contribution in [1.29, 1.82) is 0 Å². The Morgan fingerprint density at radius 2 is 1.93 bits per heavy atom. The van der Waals surface area contributed by atoms with Crippen LogP contribution in [-0.2, 0) is 14.3 Å². The molecule has 1 atom stereocenters. The SMILES string of the molecule is NCCCCC(N)C(=O)OCC(N)=O. The van der Waals surface area contributed by atoms with Gasteiger partial charge in [0.2, 0.25) is 0 Å². The van der Waals surface area contributed by atoms with Crippen LogP contribution in [0.3, 0.4) is 0 Å². The van der Waals surface area contributed by atoms with Gasteiger partial charge in [-0.1, -0.05) is 6.42 Å². The molecule has 0 aromatic rings. The van der Waals surface area contributed by atoms with Gasteiger partial charge in [-0.15, -0.1) is 0 Å². The number of unbranched alkanes of at least 4 members (excludes halogenated alkanes) is 1. The van der Waals surface area contributed by atoms with E-state index in [1.54, 1.807) is 0 Å². The number of rotatable bonds is 7. The van der Waals surface area contributed by atoms with Gasteiger partial charge in [-0.3, -0.25) is 9.59 Å². The van der Waals surface area contributed by atoms with Gasteiger partial charge in [-0.2, -0.15) is 0 Å². The maximum absolute atomic E-state index is 11.1. The fraction of sp³-hybridized carbons (Fsp3) is 0.750. The second-order valence-electron chi connectivity index (χ2n) is 2.96. The summed E-state index contributed by atoms with van der Waals surface area (Å²) in [4.78, 5) is 21.3. The zero-order valence-corrected chi connectivity index (χ0v) is 8.07. The lowest BCUT2D eigenvalue weighted by molar-refractivity contribution is -0.149. The molecule has 0 rings (SSSR count). The van der Waals surface area contributed by atoms with E-state index >= 15 is 0 Å². The summed E-state index contributed by atoms with van der Waals surface area (Å²) < 4.78 is 4.53. The molecule has 0 heterocycles. The van der Waals surface area contributed by atoms with Crippen molar-refractivity contribution in [3.05, 3.63) is 0 Å². The molecule has 6 N–H and O–H groups in total. The van der Waals surface area contributed by atoms with Gasteiger partial charge in [0.05, 0.1) is 0 Å². The van der Waals surface area contributed by atoms with E-state index in [0.717, 1.165) is 12.8 Å². The first-order valence-corrected chi connectivity index (χ1v) is 4.48. The van der Waals surface area contributed by atoms with E-state index in [4.69, 9.17) is 17.2 Å². The van der Waals surface area contributed by atoms with Crippen molar-refractivity contribution in [2.24, 2.45) is 17.2 Å². The van der Waals surface area contributed by atoms with Crippen molar-refractivity contribution in [2.75, 3.05) is 13.2 Å². The highest BCUT2D eigenvalue weighted by Gasteiger charge is 2.14. The lowest BCUT2D eigenvalue weighted by Gasteiger charge is -2.09. The molecule has 0 fully saturated rings. The van der Waals surface area contributed by atoms with Crippen LogP contribution in [0.2, 0.25) is 0 Å². The molecule has 14 heavy (non-hydrogen) atoms. The van der Waals surface area contributed by atoms with Crippen LogP contribution < -0.4 is 17.2 Å². The summed E-state index contributed by atoms with van der Waals surface area (Å²) in [5, 5.41) is 0. The average Bonchev–Trinajstić information content (AvgIpc) is 2.14. The highest BCUT2D eigenvalue weighted by Crippen LogP contribution is 1.99. The number of carbonyl (C=O) groups is 2. The number of amides is 1. The number of carbonyl (C=O) groups excluding carboxylic acids is 2. The van der Waals surface area contributed by atoms with Gasteiger partial charge in [-0.25, -0.2) is 0 Å². The Labute approximate surface area is 82.8 Å². The summed E-state index contributed by atoms with van der Waals surface area (Å²) >= 11 is 0. The normalized spacial score (nSPS) is 12.1. The fourth-order valence-corrected chi connectivity index (χ4v) is 0.876. The molecule has 0 bridgehead atoms.